The molecular weight excluding hydrogens is 261 g/mol. The summed E-state index contributed by atoms with van der Waals surface area (Å²) >= 11 is 1.43. The van der Waals surface area contributed by atoms with Crippen LogP contribution >= 0.6 is 11.8 Å². The predicted molar refractivity (Wildman–Crippen MR) is 73.0 cm³/mol. The molecule has 0 N–H and O–H groups in total. The van der Waals surface area contributed by atoms with Gasteiger partial charge in [-0.2, -0.15) is 5.26 Å². The summed E-state index contributed by atoms with van der Waals surface area (Å²) in [6, 6.07) is 12.3. The predicted octanol–water partition coefficient (Wildman–Crippen LogP) is 4.17. The second-order valence-electron chi connectivity index (χ2n) is 3.99. The second-order valence-corrected chi connectivity index (χ2v) is 5.08. The number of hydrogen-bond donors (Lipinski definition) is 0. The molecule has 0 saturated carbocycles. The van der Waals surface area contributed by atoms with Crippen molar-refractivity contribution in [1.82, 2.24) is 0 Å². The quantitative estimate of drug-likeness (QED) is 0.841. The molecule has 0 atom stereocenters. The van der Waals surface area contributed by atoms with Crippen LogP contribution in [0.25, 0.3) is 0 Å². The number of halogens is 1. The molecule has 0 fully saturated rings. The Hall–Kier alpha value is -1.99. The Kier molecular flexibility index (Phi) is 4.08. The lowest BCUT2D eigenvalue weighted by Gasteiger charge is -2.09. The Labute approximate surface area is 115 Å². The lowest BCUT2D eigenvalue weighted by atomic mass is 10.1. The summed E-state index contributed by atoms with van der Waals surface area (Å²) in [6.07, 6.45) is 0. The fraction of sp³-hybridized carbons (Fsp3) is 0.133. The fourth-order valence-electron chi connectivity index (χ4n) is 1.73. The zero-order chi connectivity index (χ0) is 13.8. The zero-order valence-corrected chi connectivity index (χ0v) is 11.4. The van der Waals surface area contributed by atoms with Crippen LogP contribution in [0.15, 0.2) is 46.2 Å². The summed E-state index contributed by atoms with van der Waals surface area (Å²) in [5, 5.41) is 9.09. The van der Waals surface area contributed by atoms with Crippen molar-refractivity contribution in [3.63, 3.8) is 0 Å². The standard InChI is InChI=1S/C15H12FNOS/c1-10-6-12(16)7-11(9-17)15(10)19-14-5-3-4-13(8-14)18-2/h3-8H,1-2H3. The highest BCUT2D eigenvalue weighted by Crippen LogP contribution is 2.34. The molecule has 0 radical (unpaired) electrons. The van der Waals surface area contributed by atoms with Crippen molar-refractivity contribution in [3.8, 4) is 11.8 Å². The SMILES string of the molecule is COc1cccc(Sc2c(C)cc(F)cc2C#N)c1. The van der Waals surface area contributed by atoms with E-state index in [-0.39, 0.29) is 5.82 Å². The Morgan fingerprint density at radius 3 is 2.74 bits per heavy atom. The summed E-state index contributed by atoms with van der Waals surface area (Å²) in [5.41, 5.74) is 1.11. The monoisotopic (exact) mass is 273 g/mol. The van der Waals surface area contributed by atoms with E-state index in [9.17, 15) is 4.39 Å². The van der Waals surface area contributed by atoms with Gasteiger partial charge >= 0.3 is 0 Å². The minimum Gasteiger partial charge on any atom is -0.497 e. The molecule has 0 spiro atoms. The normalized spacial score (nSPS) is 10.0. The van der Waals surface area contributed by atoms with Gasteiger partial charge in [0.2, 0.25) is 0 Å². The molecule has 4 heteroatoms. The average Bonchev–Trinajstić information content (AvgIpc) is 2.41. The van der Waals surface area contributed by atoms with Crippen LogP contribution < -0.4 is 4.74 Å². The van der Waals surface area contributed by atoms with Gasteiger partial charge in [-0.25, -0.2) is 4.39 Å². The van der Waals surface area contributed by atoms with Crippen LogP contribution in [0.4, 0.5) is 4.39 Å². The molecule has 0 amide bonds. The summed E-state index contributed by atoms with van der Waals surface area (Å²) in [4.78, 5) is 1.72. The lowest BCUT2D eigenvalue weighted by Crippen LogP contribution is -1.90. The maximum absolute atomic E-state index is 13.3. The molecule has 0 aliphatic carbocycles. The first kappa shape index (κ1) is 13.4. The lowest BCUT2D eigenvalue weighted by molar-refractivity contribution is 0.413. The third kappa shape index (κ3) is 3.07. The largest absolute Gasteiger partial charge is 0.497 e. The Bertz CT molecular complexity index is 649. The maximum atomic E-state index is 13.3. The van der Waals surface area contributed by atoms with E-state index < -0.39 is 0 Å². The Balaban J connectivity index is 2.40. The molecule has 0 aromatic heterocycles. The summed E-state index contributed by atoms with van der Waals surface area (Å²) in [7, 11) is 1.60. The van der Waals surface area contributed by atoms with Gasteiger partial charge in [0, 0.05) is 9.79 Å². The molecule has 0 bridgehead atoms. The van der Waals surface area contributed by atoms with Gasteiger partial charge in [0.05, 0.1) is 12.7 Å². The first-order valence-electron chi connectivity index (χ1n) is 5.66. The molecule has 2 aromatic rings. The molecule has 2 nitrogen and oxygen atoms in total. The van der Waals surface area contributed by atoms with E-state index >= 15 is 0 Å². The van der Waals surface area contributed by atoms with Crippen molar-refractivity contribution < 1.29 is 9.13 Å². The van der Waals surface area contributed by atoms with Crippen LogP contribution in [0.5, 0.6) is 5.75 Å². The molecular formula is C15H12FNOS. The number of hydrogen-bond acceptors (Lipinski definition) is 3. The molecule has 96 valence electrons. The second kappa shape index (κ2) is 5.77. The first-order valence-corrected chi connectivity index (χ1v) is 6.48. The number of ether oxygens (including phenoxy) is 1. The highest BCUT2D eigenvalue weighted by Gasteiger charge is 2.10. The van der Waals surface area contributed by atoms with E-state index in [1.165, 1.54) is 23.9 Å². The van der Waals surface area contributed by atoms with Crippen molar-refractivity contribution in [2.24, 2.45) is 0 Å². The maximum Gasteiger partial charge on any atom is 0.124 e. The van der Waals surface area contributed by atoms with Crippen molar-refractivity contribution >= 4 is 11.8 Å². The van der Waals surface area contributed by atoms with Crippen molar-refractivity contribution in [1.29, 1.82) is 5.26 Å². The summed E-state index contributed by atoms with van der Waals surface area (Å²) in [6.45, 7) is 1.80. The minimum atomic E-state index is -0.385. The van der Waals surface area contributed by atoms with E-state index in [0.717, 1.165) is 21.1 Å². The number of methoxy groups -OCH3 is 1. The zero-order valence-electron chi connectivity index (χ0n) is 10.6. The van der Waals surface area contributed by atoms with E-state index in [1.807, 2.05) is 30.3 Å². The van der Waals surface area contributed by atoms with Gasteiger partial charge in [0.25, 0.3) is 0 Å². The number of nitriles is 1. The third-order valence-corrected chi connectivity index (χ3v) is 3.86. The van der Waals surface area contributed by atoms with E-state index in [2.05, 4.69) is 0 Å². The first-order chi connectivity index (χ1) is 9.13. The van der Waals surface area contributed by atoms with Crippen LogP contribution in [0.1, 0.15) is 11.1 Å². The minimum absolute atomic E-state index is 0.352. The molecule has 0 aliphatic heterocycles. The molecule has 0 unspecified atom stereocenters. The fourth-order valence-corrected chi connectivity index (χ4v) is 2.72. The van der Waals surface area contributed by atoms with Gasteiger partial charge in [0.1, 0.15) is 17.6 Å². The van der Waals surface area contributed by atoms with Crippen LogP contribution in [-0.2, 0) is 0 Å². The smallest absolute Gasteiger partial charge is 0.124 e. The Morgan fingerprint density at radius 2 is 2.05 bits per heavy atom. The highest BCUT2D eigenvalue weighted by atomic mass is 32.2. The van der Waals surface area contributed by atoms with Gasteiger partial charge in [-0.15, -0.1) is 0 Å². The van der Waals surface area contributed by atoms with E-state index in [1.54, 1.807) is 14.0 Å². The molecule has 0 saturated heterocycles. The van der Waals surface area contributed by atoms with Gasteiger partial charge < -0.3 is 4.74 Å². The summed E-state index contributed by atoms with van der Waals surface area (Å²) < 4.78 is 18.4. The molecule has 2 aromatic carbocycles. The number of rotatable bonds is 3. The van der Waals surface area contributed by atoms with Gasteiger partial charge in [0.15, 0.2) is 0 Å². The van der Waals surface area contributed by atoms with Crippen LogP contribution in [-0.4, -0.2) is 7.11 Å². The van der Waals surface area contributed by atoms with Gasteiger partial charge in [-0.05, 0) is 42.8 Å². The third-order valence-electron chi connectivity index (χ3n) is 2.62. The molecule has 2 rings (SSSR count). The topological polar surface area (TPSA) is 33.0 Å². The van der Waals surface area contributed by atoms with E-state index in [4.69, 9.17) is 10.00 Å². The van der Waals surface area contributed by atoms with Crippen LogP contribution in [0.3, 0.4) is 0 Å². The van der Waals surface area contributed by atoms with Crippen molar-refractivity contribution in [3.05, 3.63) is 53.3 Å². The van der Waals surface area contributed by atoms with Crippen LogP contribution in [0, 0.1) is 24.1 Å². The van der Waals surface area contributed by atoms with E-state index in [0.29, 0.717) is 5.56 Å². The van der Waals surface area contributed by atoms with Gasteiger partial charge in [-0.1, -0.05) is 17.8 Å². The number of benzene rings is 2. The molecule has 19 heavy (non-hydrogen) atoms. The van der Waals surface area contributed by atoms with Gasteiger partial charge in [-0.3, -0.25) is 0 Å². The number of aryl methyl sites for hydroxylation is 1. The van der Waals surface area contributed by atoms with Crippen LogP contribution in [0.2, 0.25) is 0 Å². The molecule has 0 heterocycles. The number of nitrogens with zero attached hydrogens (tertiary/aromatic N) is 1. The summed E-state index contributed by atoms with van der Waals surface area (Å²) in [5.74, 6) is 0.368. The molecule has 0 aliphatic rings. The Morgan fingerprint density at radius 1 is 1.26 bits per heavy atom. The average molecular weight is 273 g/mol. The highest BCUT2D eigenvalue weighted by molar-refractivity contribution is 7.99. The van der Waals surface area contributed by atoms with Crippen molar-refractivity contribution in [2.45, 2.75) is 16.7 Å². The van der Waals surface area contributed by atoms with Crippen molar-refractivity contribution in [2.75, 3.05) is 7.11 Å².